The van der Waals surface area contributed by atoms with E-state index in [0.29, 0.717) is 29.1 Å². The molecule has 30 heavy (non-hydrogen) atoms. The number of hydrogen-bond donors (Lipinski definition) is 3. The van der Waals surface area contributed by atoms with Crippen LogP contribution in [0.2, 0.25) is 0 Å². The summed E-state index contributed by atoms with van der Waals surface area (Å²) in [6.45, 7) is 3.53. The van der Waals surface area contributed by atoms with Crippen LogP contribution in [0.4, 0.5) is 15.8 Å². The molecule has 0 aliphatic rings. The third kappa shape index (κ3) is 6.49. The number of nitrogens with zero attached hydrogens (tertiary/aromatic N) is 1. The van der Waals surface area contributed by atoms with Crippen molar-refractivity contribution < 1.29 is 19.1 Å². The summed E-state index contributed by atoms with van der Waals surface area (Å²) in [7, 11) is 0. The van der Waals surface area contributed by atoms with E-state index in [9.17, 15) is 19.1 Å². The fraction of sp³-hybridized carbons (Fsp3) is 0.348. The molecule has 0 spiro atoms. The number of halogens is 1. The molecule has 0 saturated heterocycles. The molecule has 0 aliphatic heterocycles. The van der Waals surface area contributed by atoms with Gasteiger partial charge in [0.05, 0.1) is 6.61 Å². The van der Waals surface area contributed by atoms with Crippen LogP contribution in [0.5, 0.6) is 0 Å². The molecule has 3 N–H and O–H groups in total. The summed E-state index contributed by atoms with van der Waals surface area (Å²) in [6, 6.07) is 11.1. The van der Waals surface area contributed by atoms with E-state index in [4.69, 9.17) is 5.41 Å². The van der Waals surface area contributed by atoms with E-state index < -0.39 is 5.82 Å². The summed E-state index contributed by atoms with van der Waals surface area (Å²) >= 11 is 0. The van der Waals surface area contributed by atoms with Gasteiger partial charge in [-0.2, -0.15) is 0 Å². The zero-order chi connectivity index (χ0) is 22.1. The summed E-state index contributed by atoms with van der Waals surface area (Å²) in [5.41, 5.74) is 3.07. The highest BCUT2D eigenvalue weighted by Crippen LogP contribution is 2.22. The van der Waals surface area contributed by atoms with Crippen molar-refractivity contribution in [3.8, 4) is 0 Å². The molecule has 0 radical (unpaired) electrons. The molecular weight excluding hydrogens is 385 g/mol. The fourth-order valence-electron chi connectivity index (χ4n) is 3.13. The van der Waals surface area contributed by atoms with Gasteiger partial charge in [-0.15, -0.1) is 0 Å². The summed E-state index contributed by atoms with van der Waals surface area (Å²) < 4.78 is 13.3. The van der Waals surface area contributed by atoms with Gasteiger partial charge >= 0.3 is 0 Å². The maximum absolute atomic E-state index is 13.3. The predicted molar refractivity (Wildman–Crippen MR) is 117 cm³/mol. The average Bonchev–Trinajstić information content (AvgIpc) is 2.71. The van der Waals surface area contributed by atoms with Crippen molar-refractivity contribution in [2.75, 3.05) is 23.4 Å². The molecule has 160 valence electrons. The van der Waals surface area contributed by atoms with Gasteiger partial charge in [0.1, 0.15) is 5.82 Å². The first kappa shape index (κ1) is 23.2. The van der Waals surface area contributed by atoms with Crippen molar-refractivity contribution in [1.82, 2.24) is 0 Å². The molecule has 2 aromatic carbocycles. The second kappa shape index (κ2) is 11.2. The topological polar surface area (TPSA) is 93.5 Å². The smallest absolute Gasteiger partial charge is 0.227 e. The van der Waals surface area contributed by atoms with Crippen LogP contribution in [0.25, 0.3) is 0 Å². The molecule has 0 heterocycles. The Morgan fingerprint density at radius 3 is 2.40 bits per heavy atom. The summed E-state index contributed by atoms with van der Waals surface area (Å²) in [5.74, 6) is -1.03. The number of carbonyl (C=O) groups is 2. The molecule has 7 heteroatoms. The van der Waals surface area contributed by atoms with Crippen molar-refractivity contribution in [2.24, 2.45) is 0 Å². The average molecular weight is 413 g/mol. The molecule has 2 aromatic rings. The normalized spacial score (nSPS) is 10.5. The Labute approximate surface area is 176 Å². The maximum atomic E-state index is 13.3. The van der Waals surface area contributed by atoms with Crippen molar-refractivity contribution in [3.05, 3.63) is 59.4 Å². The van der Waals surface area contributed by atoms with Gasteiger partial charge in [-0.25, -0.2) is 4.39 Å². The maximum Gasteiger partial charge on any atom is 0.227 e. The number of nitrogens with one attached hydrogen (secondary N) is 2. The predicted octanol–water partition coefficient (Wildman–Crippen LogP) is 4.05. The van der Waals surface area contributed by atoms with Gasteiger partial charge in [-0.05, 0) is 54.8 Å². The molecule has 0 unspecified atom stereocenters. The lowest BCUT2D eigenvalue weighted by atomic mass is 10.1. The minimum absolute atomic E-state index is 0.0194. The molecule has 6 nitrogen and oxygen atoms in total. The van der Waals surface area contributed by atoms with E-state index in [-0.39, 0.29) is 37.8 Å². The van der Waals surface area contributed by atoms with E-state index in [1.54, 1.807) is 31.2 Å². The van der Waals surface area contributed by atoms with E-state index in [1.807, 2.05) is 6.92 Å². The van der Waals surface area contributed by atoms with E-state index in [0.717, 1.165) is 12.0 Å². The molecule has 0 aliphatic carbocycles. The van der Waals surface area contributed by atoms with Gasteiger partial charge in [0, 0.05) is 36.5 Å². The largest absolute Gasteiger partial charge is 0.395 e. The van der Waals surface area contributed by atoms with Crippen molar-refractivity contribution in [1.29, 1.82) is 5.41 Å². The van der Waals surface area contributed by atoms with Crippen LogP contribution in [0.1, 0.15) is 43.7 Å². The molecule has 0 bridgehead atoms. The molecule has 0 fully saturated rings. The van der Waals surface area contributed by atoms with Crippen LogP contribution in [0.3, 0.4) is 0 Å². The first-order chi connectivity index (χ1) is 14.3. The molecule has 0 atom stereocenters. The fourth-order valence-corrected chi connectivity index (χ4v) is 3.13. The first-order valence-corrected chi connectivity index (χ1v) is 10.0. The van der Waals surface area contributed by atoms with Crippen LogP contribution in [-0.4, -0.2) is 35.8 Å². The van der Waals surface area contributed by atoms with Crippen LogP contribution >= 0.6 is 0 Å². The summed E-state index contributed by atoms with van der Waals surface area (Å²) in [5, 5.41) is 20.0. The number of anilines is 2. The van der Waals surface area contributed by atoms with Crippen molar-refractivity contribution in [3.63, 3.8) is 0 Å². The number of aryl methyl sites for hydroxylation is 1. The standard InChI is InChI=1S/C23H28FN3O3/c1-3-4-20(25)17-5-8-19(9-6-17)26-22(29)11-12-23(30)27(13-14-28)21-10-7-18(24)15-16(21)2/h5-10,15,25,28H,3-4,11-14H2,1-2H3,(H,26,29). The van der Waals surface area contributed by atoms with Gasteiger partial charge in [0.15, 0.2) is 0 Å². The van der Waals surface area contributed by atoms with Gasteiger partial charge in [0.25, 0.3) is 0 Å². The number of aliphatic hydroxyl groups is 1. The summed E-state index contributed by atoms with van der Waals surface area (Å²) in [6.07, 6.45) is 1.54. The van der Waals surface area contributed by atoms with Crippen LogP contribution in [0.15, 0.2) is 42.5 Å². The Morgan fingerprint density at radius 2 is 1.80 bits per heavy atom. The number of benzene rings is 2. The monoisotopic (exact) mass is 413 g/mol. The van der Waals surface area contributed by atoms with Crippen LogP contribution in [0, 0.1) is 18.2 Å². The minimum Gasteiger partial charge on any atom is -0.395 e. The Kier molecular flexibility index (Phi) is 8.68. The van der Waals surface area contributed by atoms with Crippen molar-refractivity contribution >= 4 is 28.9 Å². The quantitative estimate of drug-likeness (QED) is 0.513. The van der Waals surface area contributed by atoms with Crippen LogP contribution in [-0.2, 0) is 9.59 Å². The number of amides is 2. The number of hydrogen-bond acceptors (Lipinski definition) is 4. The van der Waals surface area contributed by atoms with Gasteiger partial charge in [-0.3, -0.25) is 9.59 Å². The van der Waals surface area contributed by atoms with Gasteiger partial charge < -0.3 is 20.7 Å². The number of carbonyl (C=O) groups excluding carboxylic acids is 2. The SMILES string of the molecule is CCCC(=N)c1ccc(NC(=O)CCC(=O)N(CCO)c2ccc(F)cc2C)cc1. The van der Waals surface area contributed by atoms with E-state index in [1.165, 1.54) is 23.1 Å². The van der Waals surface area contributed by atoms with Gasteiger partial charge in [0.2, 0.25) is 11.8 Å². The lowest BCUT2D eigenvalue weighted by molar-refractivity contribution is -0.122. The Hall–Kier alpha value is -3.06. The van der Waals surface area contributed by atoms with Gasteiger partial charge in [-0.1, -0.05) is 25.5 Å². The summed E-state index contributed by atoms with van der Waals surface area (Å²) in [4.78, 5) is 26.2. The second-order valence-corrected chi connectivity index (χ2v) is 7.05. The minimum atomic E-state index is -0.400. The lowest BCUT2D eigenvalue weighted by Crippen LogP contribution is -2.34. The molecule has 0 saturated carbocycles. The molecule has 0 aromatic heterocycles. The Bertz CT molecular complexity index is 897. The highest BCUT2D eigenvalue weighted by molar-refractivity contribution is 6.00. The second-order valence-electron chi connectivity index (χ2n) is 7.05. The van der Waals surface area contributed by atoms with Crippen LogP contribution < -0.4 is 10.2 Å². The van der Waals surface area contributed by atoms with Crippen molar-refractivity contribution in [2.45, 2.75) is 39.5 Å². The zero-order valence-electron chi connectivity index (χ0n) is 17.4. The van der Waals surface area contributed by atoms with E-state index in [2.05, 4.69) is 5.32 Å². The molecular formula is C23H28FN3O3. The number of rotatable bonds is 10. The Morgan fingerprint density at radius 1 is 1.10 bits per heavy atom. The number of aliphatic hydroxyl groups excluding tert-OH is 1. The third-order valence-electron chi connectivity index (χ3n) is 4.66. The first-order valence-electron chi connectivity index (χ1n) is 10.0. The lowest BCUT2D eigenvalue weighted by Gasteiger charge is -2.23. The van der Waals surface area contributed by atoms with E-state index >= 15 is 0 Å². The molecule has 2 amide bonds. The third-order valence-corrected chi connectivity index (χ3v) is 4.66. The highest BCUT2D eigenvalue weighted by atomic mass is 19.1. The highest BCUT2D eigenvalue weighted by Gasteiger charge is 2.18. The Balaban J connectivity index is 1.95. The molecule has 2 rings (SSSR count). The zero-order valence-corrected chi connectivity index (χ0v) is 17.4.